The minimum atomic E-state index is -0.450. The molecule has 0 aliphatic carbocycles. The third-order valence-corrected chi connectivity index (χ3v) is 4.13. The van der Waals surface area contributed by atoms with Gasteiger partial charge in [0.15, 0.2) is 0 Å². The van der Waals surface area contributed by atoms with E-state index in [1.165, 1.54) is 12.1 Å². The maximum atomic E-state index is 12.4. The number of carbonyl (C=O) groups is 1. The van der Waals surface area contributed by atoms with Crippen molar-refractivity contribution < 1.29 is 9.72 Å². The van der Waals surface area contributed by atoms with Crippen LogP contribution < -0.4 is 0 Å². The molecule has 0 fully saturated rings. The molecule has 0 bridgehead atoms. The van der Waals surface area contributed by atoms with E-state index < -0.39 is 4.92 Å². The van der Waals surface area contributed by atoms with Crippen molar-refractivity contribution in [2.45, 2.75) is 13.5 Å². The largest absolute Gasteiger partial charge is 0.337 e. The smallest absolute Gasteiger partial charge is 0.272 e. The molecule has 0 heterocycles. The summed E-state index contributed by atoms with van der Waals surface area (Å²) in [7, 11) is 1.71. The molecule has 0 radical (unpaired) electrons. The van der Waals surface area contributed by atoms with Gasteiger partial charge >= 0.3 is 0 Å². The maximum Gasteiger partial charge on any atom is 0.272 e. The van der Waals surface area contributed by atoms with Gasteiger partial charge in [0, 0.05) is 35.3 Å². The van der Waals surface area contributed by atoms with Crippen LogP contribution in [0, 0.1) is 17.0 Å². The Balaban J connectivity index is 2.19. The maximum absolute atomic E-state index is 12.4. The quantitative estimate of drug-likeness (QED) is 0.611. The Morgan fingerprint density at radius 3 is 2.55 bits per heavy atom. The monoisotopic (exact) mass is 362 g/mol. The van der Waals surface area contributed by atoms with Crippen LogP contribution in [0.2, 0.25) is 0 Å². The Hall–Kier alpha value is -2.21. The molecule has 114 valence electrons. The molecule has 0 atom stereocenters. The predicted octanol–water partition coefficient (Wildman–Crippen LogP) is 3.94. The number of nitrogens with zero attached hydrogens (tertiary/aromatic N) is 2. The van der Waals surface area contributed by atoms with Crippen molar-refractivity contribution in [3.05, 3.63) is 73.7 Å². The van der Waals surface area contributed by atoms with Crippen molar-refractivity contribution >= 4 is 27.5 Å². The van der Waals surface area contributed by atoms with Crippen LogP contribution in [0.3, 0.4) is 0 Å². The minimum absolute atomic E-state index is 0.0185. The second kappa shape index (κ2) is 6.70. The number of carbonyl (C=O) groups excluding carboxylic acids is 1. The summed E-state index contributed by atoms with van der Waals surface area (Å²) in [5, 5.41) is 10.8. The highest BCUT2D eigenvalue weighted by molar-refractivity contribution is 9.10. The van der Waals surface area contributed by atoms with Crippen molar-refractivity contribution in [2.24, 2.45) is 0 Å². The highest BCUT2D eigenvalue weighted by atomic mass is 79.9. The van der Waals surface area contributed by atoms with Gasteiger partial charge in [0.05, 0.1) is 4.92 Å². The molecule has 0 saturated heterocycles. The normalized spacial score (nSPS) is 10.3. The van der Waals surface area contributed by atoms with Gasteiger partial charge < -0.3 is 4.90 Å². The Morgan fingerprint density at radius 2 is 1.95 bits per heavy atom. The molecular weight excluding hydrogens is 348 g/mol. The summed E-state index contributed by atoms with van der Waals surface area (Å²) in [5.74, 6) is -0.172. The first-order valence-electron chi connectivity index (χ1n) is 6.64. The van der Waals surface area contributed by atoms with Crippen molar-refractivity contribution in [1.29, 1.82) is 0 Å². The van der Waals surface area contributed by atoms with Gasteiger partial charge in [-0.25, -0.2) is 0 Å². The number of amides is 1. The molecule has 5 nitrogen and oxygen atoms in total. The highest BCUT2D eigenvalue weighted by Crippen LogP contribution is 2.21. The van der Waals surface area contributed by atoms with Gasteiger partial charge in [-0.05, 0) is 30.7 Å². The number of hydrogen-bond acceptors (Lipinski definition) is 3. The third kappa shape index (κ3) is 3.51. The van der Waals surface area contributed by atoms with E-state index in [1.54, 1.807) is 24.9 Å². The number of hydrogen-bond donors (Lipinski definition) is 0. The zero-order chi connectivity index (χ0) is 16.3. The predicted molar refractivity (Wildman–Crippen MR) is 87.8 cm³/mol. The zero-order valence-corrected chi connectivity index (χ0v) is 13.8. The molecule has 0 saturated carbocycles. The van der Waals surface area contributed by atoms with Crippen LogP contribution >= 0.6 is 15.9 Å². The van der Waals surface area contributed by atoms with Gasteiger partial charge in [-0.15, -0.1) is 0 Å². The molecule has 0 aliphatic rings. The molecule has 2 aromatic rings. The molecular formula is C16H15BrN2O3. The average molecular weight is 363 g/mol. The summed E-state index contributed by atoms with van der Waals surface area (Å²) in [6, 6.07) is 12.1. The molecule has 2 rings (SSSR count). The molecule has 22 heavy (non-hydrogen) atoms. The van der Waals surface area contributed by atoms with E-state index in [2.05, 4.69) is 15.9 Å². The number of rotatable bonds is 4. The van der Waals surface area contributed by atoms with Crippen molar-refractivity contribution in [3.63, 3.8) is 0 Å². The second-order valence-corrected chi connectivity index (χ2v) is 5.87. The van der Waals surface area contributed by atoms with Crippen LogP contribution in [0.4, 0.5) is 5.69 Å². The summed E-state index contributed by atoms with van der Waals surface area (Å²) in [6.07, 6.45) is 0. The van der Waals surface area contributed by atoms with E-state index in [-0.39, 0.29) is 11.6 Å². The fourth-order valence-corrected chi connectivity index (χ4v) is 2.58. The number of nitro groups is 1. The van der Waals surface area contributed by atoms with Crippen molar-refractivity contribution in [2.75, 3.05) is 7.05 Å². The second-order valence-electron chi connectivity index (χ2n) is 5.01. The lowest BCUT2D eigenvalue weighted by Gasteiger charge is -2.18. The van der Waals surface area contributed by atoms with Crippen LogP contribution in [-0.2, 0) is 6.54 Å². The number of aryl methyl sites for hydroxylation is 1. The van der Waals surface area contributed by atoms with Gasteiger partial charge in [0.25, 0.3) is 11.6 Å². The molecule has 0 N–H and O–H groups in total. The molecule has 0 aliphatic heterocycles. The van der Waals surface area contributed by atoms with Gasteiger partial charge in [0.2, 0.25) is 0 Å². The fraction of sp³-hybridized carbons (Fsp3) is 0.188. The van der Waals surface area contributed by atoms with E-state index in [0.717, 1.165) is 10.0 Å². The summed E-state index contributed by atoms with van der Waals surface area (Å²) in [4.78, 5) is 24.4. The lowest BCUT2D eigenvalue weighted by Crippen LogP contribution is -2.26. The summed E-state index contributed by atoms with van der Waals surface area (Å²) in [6.45, 7) is 2.08. The van der Waals surface area contributed by atoms with Crippen LogP contribution in [0.25, 0.3) is 0 Å². The van der Waals surface area contributed by atoms with Gasteiger partial charge in [-0.1, -0.05) is 34.1 Å². The zero-order valence-electron chi connectivity index (χ0n) is 12.2. The van der Waals surface area contributed by atoms with Crippen molar-refractivity contribution in [1.82, 2.24) is 4.90 Å². The fourth-order valence-electron chi connectivity index (χ4n) is 2.17. The topological polar surface area (TPSA) is 63.5 Å². The first kappa shape index (κ1) is 16.2. The number of benzene rings is 2. The van der Waals surface area contributed by atoms with Crippen LogP contribution in [0.15, 0.2) is 46.9 Å². The number of halogens is 1. The molecule has 0 aromatic heterocycles. The van der Waals surface area contributed by atoms with Gasteiger partial charge in [-0.3, -0.25) is 14.9 Å². The Kier molecular flexibility index (Phi) is 4.92. The van der Waals surface area contributed by atoms with Crippen molar-refractivity contribution in [3.8, 4) is 0 Å². The van der Waals surface area contributed by atoms with Gasteiger partial charge in [0.1, 0.15) is 0 Å². The summed E-state index contributed by atoms with van der Waals surface area (Å²) < 4.78 is 0.939. The molecule has 2 aromatic carbocycles. The summed E-state index contributed by atoms with van der Waals surface area (Å²) >= 11 is 3.45. The van der Waals surface area contributed by atoms with E-state index in [1.807, 2.05) is 24.3 Å². The van der Waals surface area contributed by atoms with E-state index in [4.69, 9.17) is 0 Å². The molecule has 6 heteroatoms. The SMILES string of the molecule is Cc1cc(C(=O)N(C)Cc2ccccc2Br)ccc1[N+](=O)[O-]. The Bertz CT molecular complexity index is 731. The number of nitro benzene ring substituents is 1. The van der Waals surface area contributed by atoms with Crippen LogP contribution in [0.5, 0.6) is 0 Å². The highest BCUT2D eigenvalue weighted by Gasteiger charge is 2.17. The molecule has 0 spiro atoms. The first-order valence-corrected chi connectivity index (χ1v) is 7.43. The van der Waals surface area contributed by atoms with Crippen LogP contribution in [-0.4, -0.2) is 22.8 Å². The minimum Gasteiger partial charge on any atom is -0.337 e. The van der Waals surface area contributed by atoms with Gasteiger partial charge in [-0.2, -0.15) is 0 Å². The lowest BCUT2D eigenvalue weighted by molar-refractivity contribution is -0.385. The van der Waals surface area contributed by atoms with E-state index >= 15 is 0 Å². The average Bonchev–Trinajstić information content (AvgIpc) is 2.48. The lowest BCUT2D eigenvalue weighted by atomic mass is 10.1. The van der Waals surface area contributed by atoms with Crippen LogP contribution in [0.1, 0.15) is 21.5 Å². The third-order valence-electron chi connectivity index (χ3n) is 3.35. The van der Waals surface area contributed by atoms with E-state index in [0.29, 0.717) is 17.7 Å². The molecule has 1 amide bonds. The Morgan fingerprint density at radius 1 is 1.27 bits per heavy atom. The standard InChI is InChI=1S/C16H15BrN2O3/c1-11-9-12(7-8-15(11)19(21)22)16(20)18(2)10-13-5-3-4-6-14(13)17/h3-9H,10H2,1-2H3. The van der Waals surface area contributed by atoms with E-state index in [9.17, 15) is 14.9 Å². The Labute approximate surface area is 136 Å². The first-order chi connectivity index (χ1) is 10.4. The molecule has 0 unspecified atom stereocenters. The summed E-state index contributed by atoms with van der Waals surface area (Å²) in [5.41, 5.74) is 1.93.